The minimum Gasteiger partial charge on any atom is -0.483 e. The van der Waals surface area contributed by atoms with E-state index in [1.54, 1.807) is 13.1 Å². The molecule has 2 aromatic carbocycles. The smallest absolute Gasteiger partial charge is 0.257 e. The fourth-order valence-electron chi connectivity index (χ4n) is 2.95. The number of benzene rings is 2. The average Bonchev–Trinajstić information content (AvgIpc) is 2.60. The van der Waals surface area contributed by atoms with Crippen molar-refractivity contribution in [2.45, 2.75) is 19.5 Å². The van der Waals surface area contributed by atoms with E-state index in [0.717, 1.165) is 30.6 Å². The third-order valence-corrected chi connectivity index (χ3v) is 4.26. The normalized spacial score (nSPS) is 14.1. The second kappa shape index (κ2) is 7.45. The first-order valence-corrected chi connectivity index (χ1v) is 8.06. The van der Waals surface area contributed by atoms with E-state index in [0.29, 0.717) is 12.3 Å². The molecule has 0 fully saturated rings. The summed E-state index contributed by atoms with van der Waals surface area (Å²) >= 11 is 0. The zero-order valence-electron chi connectivity index (χ0n) is 13.7. The van der Waals surface area contributed by atoms with Crippen LogP contribution in [0.3, 0.4) is 0 Å². The van der Waals surface area contributed by atoms with Gasteiger partial charge < -0.3 is 10.1 Å². The molecule has 0 saturated heterocycles. The van der Waals surface area contributed by atoms with Crippen LogP contribution in [-0.4, -0.2) is 31.0 Å². The molecule has 0 bridgehead atoms. The maximum Gasteiger partial charge on any atom is 0.257 e. The zero-order chi connectivity index (χ0) is 16.9. The second-order valence-electron chi connectivity index (χ2n) is 5.94. The SMILES string of the molecule is CNC(=O)COc1ccccc1CN1CCc2ccc(F)cc2C1. The number of rotatable bonds is 5. The van der Waals surface area contributed by atoms with Crippen molar-refractivity contribution in [1.82, 2.24) is 10.2 Å². The van der Waals surface area contributed by atoms with E-state index in [2.05, 4.69) is 10.2 Å². The van der Waals surface area contributed by atoms with Gasteiger partial charge in [0.25, 0.3) is 5.91 Å². The lowest BCUT2D eigenvalue weighted by molar-refractivity contribution is -0.122. The summed E-state index contributed by atoms with van der Waals surface area (Å²) in [5, 5.41) is 2.54. The Bertz CT molecular complexity index is 733. The molecule has 1 heterocycles. The second-order valence-corrected chi connectivity index (χ2v) is 5.94. The van der Waals surface area contributed by atoms with Crippen LogP contribution in [0.1, 0.15) is 16.7 Å². The molecule has 24 heavy (non-hydrogen) atoms. The fraction of sp³-hybridized carbons (Fsp3) is 0.316. The number of amides is 1. The number of halogens is 1. The highest BCUT2D eigenvalue weighted by molar-refractivity contribution is 5.77. The van der Waals surface area contributed by atoms with Gasteiger partial charge in [0.1, 0.15) is 11.6 Å². The number of hydrogen-bond acceptors (Lipinski definition) is 3. The number of likely N-dealkylation sites (N-methyl/N-ethyl adjacent to an activating group) is 1. The van der Waals surface area contributed by atoms with Gasteiger partial charge in [-0.05, 0) is 35.7 Å². The number of para-hydroxylation sites is 1. The van der Waals surface area contributed by atoms with Crippen molar-refractivity contribution in [3.05, 3.63) is 65.0 Å². The molecule has 1 amide bonds. The monoisotopic (exact) mass is 328 g/mol. The lowest BCUT2D eigenvalue weighted by atomic mass is 9.99. The number of carbonyl (C=O) groups excluding carboxylic acids is 1. The third-order valence-electron chi connectivity index (χ3n) is 4.26. The molecule has 0 unspecified atom stereocenters. The lowest BCUT2D eigenvalue weighted by Crippen LogP contribution is -2.30. The van der Waals surface area contributed by atoms with Crippen LogP contribution in [0.2, 0.25) is 0 Å². The van der Waals surface area contributed by atoms with Gasteiger partial charge in [-0.2, -0.15) is 0 Å². The Morgan fingerprint density at radius 2 is 2.08 bits per heavy atom. The first kappa shape index (κ1) is 16.5. The van der Waals surface area contributed by atoms with Crippen molar-refractivity contribution >= 4 is 5.91 Å². The summed E-state index contributed by atoms with van der Waals surface area (Å²) in [5.74, 6) is 0.364. The molecule has 1 aliphatic rings. The highest BCUT2D eigenvalue weighted by atomic mass is 19.1. The Hall–Kier alpha value is -2.40. The predicted molar refractivity (Wildman–Crippen MR) is 90.2 cm³/mol. The third kappa shape index (κ3) is 3.92. The number of nitrogens with zero attached hydrogens (tertiary/aromatic N) is 1. The molecule has 126 valence electrons. The number of fused-ring (bicyclic) bond motifs is 1. The Labute approximate surface area is 141 Å². The van der Waals surface area contributed by atoms with Gasteiger partial charge in [-0.25, -0.2) is 4.39 Å². The number of carbonyl (C=O) groups is 1. The summed E-state index contributed by atoms with van der Waals surface area (Å²) in [6.07, 6.45) is 0.914. The quantitative estimate of drug-likeness (QED) is 0.917. The van der Waals surface area contributed by atoms with Gasteiger partial charge in [0, 0.05) is 32.2 Å². The van der Waals surface area contributed by atoms with Crippen LogP contribution in [0, 0.1) is 5.82 Å². The maximum atomic E-state index is 13.4. The minimum atomic E-state index is -0.190. The largest absolute Gasteiger partial charge is 0.483 e. The number of nitrogens with one attached hydrogen (secondary N) is 1. The van der Waals surface area contributed by atoms with Crippen LogP contribution >= 0.6 is 0 Å². The molecule has 0 spiro atoms. The Morgan fingerprint density at radius 1 is 1.25 bits per heavy atom. The molecule has 4 nitrogen and oxygen atoms in total. The summed E-state index contributed by atoms with van der Waals surface area (Å²) in [4.78, 5) is 13.6. The molecule has 5 heteroatoms. The van der Waals surface area contributed by atoms with Gasteiger partial charge in [-0.3, -0.25) is 9.69 Å². The zero-order valence-corrected chi connectivity index (χ0v) is 13.7. The van der Waals surface area contributed by atoms with Crippen LogP contribution in [0.5, 0.6) is 5.75 Å². The van der Waals surface area contributed by atoms with Gasteiger partial charge in [0.2, 0.25) is 0 Å². The van der Waals surface area contributed by atoms with Gasteiger partial charge >= 0.3 is 0 Å². The van der Waals surface area contributed by atoms with Gasteiger partial charge in [0.15, 0.2) is 6.61 Å². The summed E-state index contributed by atoms with van der Waals surface area (Å²) < 4.78 is 19.1. The van der Waals surface area contributed by atoms with Gasteiger partial charge in [0.05, 0.1) is 0 Å². The molecule has 0 radical (unpaired) electrons. The van der Waals surface area contributed by atoms with E-state index >= 15 is 0 Å². The molecule has 0 saturated carbocycles. The molecule has 0 aliphatic carbocycles. The van der Waals surface area contributed by atoms with Crippen LogP contribution in [0.15, 0.2) is 42.5 Å². The average molecular weight is 328 g/mol. The van der Waals surface area contributed by atoms with Crippen LogP contribution < -0.4 is 10.1 Å². The predicted octanol–water partition coefficient (Wildman–Crippen LogP) is 2.51. The van der Waals surface area contributed by atoms with E-state index in [9.17, 15) is 9.18 Å². The molecular weight excluding hydrogens is 307 g/mol. The van der Waals surface area contributed by atoms with Crippen molar-refractivity contribution < 1.29 is 13.9 Å². The number of ether oxygens (including phenoxy) is 1. The standard InChI is InChI=1S/C19H21FN2O2/c1-21-19(23)13-24-18-5-3-2-4-15(18)11-22-9-8-14-6-7-17(20)10-16(14)12-22/h2-7,10H,8-9,11-13H2,1H3,(H,21,23). The number of hydrogen-bond donors (Lipinski definition) is 1. The van der Waals surface area contributed by atoms with E-state index in [1.807, 2.05) is 30.3 Å². The fourth-order valence-corrected chi connectivity index (χ4v) is 2.95. The van der Waals surface area contributed by atoms with Gasteiger partial charge in [-0.15, -0.1) is 0 Å². The van der Waals surface area contributed by atoms with Crippen LogP contribution in [-0.2, 0) is 24.3 Å². The maximum absolute atomic E-state index is 13.4. The summed E-state index contributed by atoms with van der Waals surface area (Å²) in [6.45, 7) is 2.35. The Balaban J connectivity index is 1.69. The topological polar surface area (TPSA) is 41.6 Å². The van der Waals surface area contributed by atoms with Crippen molar-refractivity contribution in [1.29, 1.82) is 0 Å². The van der Waals surface area contributed by atoms with Crippen molar-refractivity contribution in [2.24, 2.45) is 0 Å². The highest BCUT2D eigenvalue weighted by Crippen LogP contribution is 2.25. The van der Waals surface area contributed by atoms with Crippen molar-refractivity contribution in [3.8, 4) is 5.75 Å². The lowest BCUT2D eigenvalue weighted by Gasteiger charge is -2.29. The molecule has 3 rings (SSSR count). The van der Waals surface area contributed by atoms with E-state index in [-0.39, 0.29) is 18.3 Å². The molecule has 1 N–H and O–H groups in total. The molecular formula is C19H21FN2O2. The Kier molecular flexibility index (Phi) is 5.11. The summed E-state index contributed by atoms with van der Waals surface area (Å²) in [5.41, 5.74) is 3.29. The van der Waals surface area contributed by atoms with Crippen molar-refractivity contribution in [3.63, 3.8) is 0 Å². The van der Waals surface area contributed by atoms with Crippen LogP contribution in [0.25, 0.3) is 0 Å². The first-order valence-electron chi connectivity index (χ1n) is 8.06. The molecule has 0 atom stereocenters. The summed E-state index contributed by atoms with van der Waals surface area (Å²) in [7, 11) is 1.59. The van der Waals surface area contributed by atoms with Crippen LogP contribution in [0.4, 0.5) is 4.39 Å². The highest BCUT2D eigenvalue weighted by Gasteiger charge is 2.18. The molecule has 0 aromatic heterocycles. The van der Waals surface area contributed by atoms with E-state index in [1.165, 1.54) is 11.6 Å². The molecule has 1 aliphatic heterocycles. The first-order chi connectivity index (χ1) is 11.7. The van der Waals surface area contributed by atoms with E-state index in [4.69, 9.17) is 4.74 Å². The molecule has 2 aromatic rings. The van der Waals surface area contributed by atoms with Gasteiger partial charge in [-0.1, -0.05) is 24.3 Å². The summed E-state index contributed by atoms with van der Waals surface area (Å²) in [6, 6.07) is 12.7. The van der Waals surface area contributed by atoms with E-state index < -0.39 is 0 Å². The minimum absolute atomic E-state index is 0.00155. The van der Waals surface area contributed by atoms with Crippen molar-refractivity contribution in [2.75, 3.05) is 20.2 Å². The Morgan fingerprint density at radius 3 is 2.92 bits per heavy atom.